The van der Waals surface area contributed by atoms with Crippen LogP contribution in [0.25, 0.3) is 0 Å². The Morgan fingerprint density at radius 2 is 2.12 bits per heavy atom. The SMILES string of the molecule is Cc1ccc([C@@](C)(O)CNCCC(C)C)o1. The number of rotatable bonds is 6. The van der Waals surface area contributed by atoms with Crippen molar-refractivity contribution in [2.24, 2.45) is 5.92 Å². The van der Waals surface area contributed by atoms with E-state index in [1.165, 1.54) is 0 Å². The first-order chi connectivity index (χ1) is 7.42. The number of furan rings is 1. The van der Waals surface area contributed by atoms with Gasteiger partial charge in [0.15, 0.2) is 0 Å². The van der Waals surface area contributed by atoms with Crippen LogP contribution in [-0.2, 0) is 5.60 Å². The molecule has 1 atom stereocenters. The normalized spacial score (nSPS) is 15.4. The monoisotopic (exact) mass is 225 g/mol. The minimum absolute atomic E-state index is 0.521. The Bertz CT molecular complexity index is 315. The van der Waals surface area contributed by atoms with Gasteiger partial charge >= 0.3 is 0 Å². The average molecular weight is 225 g/mol. The molecule has 0 saturated carbocycles. The average Bonchev–Trinajstić information content (AvgIpc) is 2.60. The van der Waals surface area contributed by atoms with Gasteiger partial charge < -0.3 is 14.8 Å². The summed E-state index contributed by atoms with van der Waals surface area (Å²) in [6.07, 6.45) is 1.12. The van der Waals surface area contributed by atoms with Crippen molar-refractivity contribution in [2.75, 3.05) is 13.1 Å². The summed E-state index contributed by atoms with van der Waals surface area (Å²) < 4.78 is 5.44. The van der Waals surface area contributed by atoms with E-state index in [1.807, 2.05) is 19.1 Å². The van der Waals surface area contributed by atoms with E-state index in [1.54, 1.807) is 6.92 Å². The maximum atomic E-state index is 10.2. The second kappa shape index (κ2) is 5.51. The Balaban J connectivity index is 2.40. The maximum absolute atomic E-state index is 10.2. The third-order valence-corrected chi connectivity index (χ3v) is 2.64. The summed E-state index contributed by atoms with van der Waals surface area (Å²) in [5.41, 5.74) is -0.925. The number of aliphatic hydroxyl groups is 1. The molecule has 1 aromatic rings. The molecular weight excluding hydrogens is 202 g/mol. The molecule has 0 radical (unpaired) electrons. The summed E-state index contributed by atoms with van der Waals surface area (Å²) in [6.45, 7) is 9.48. The van der Waals surface area contributed by atoms with Gasteiger partial charge in [-0.3, -0.25) is 0 Å². The van der Waals surface area contributed by atoms with Crippen LogP contribution in [-0.4, -0.2) is 18.2 Å². The van der Waals surface area contributed by atoms with E-state index in [-0.39, 0.29) is 0 Å². The number of hydrogen-bond donors (Lipinski definition) is 2. The van der Waals surface area contributed by atoms with Crippen LogP contribution in [0, 0.1) is 12.8 Å². The van der Waals surface area contributed by atoms with E-state index >= 15 is 0 Å². The van der Waals surface area contributed by atoms with Crippen molar-refractivity contribution < 1.29 is 9.52 Å². The topological polar surface area (TPSA) is 45.4 Å². The van der Waals surface area contributed by atoms with Gasteiger partial charge in [0, 0.05) is 6.54 Å². The van der Waals surface area contributed by atoms with Crippen molar-refractivity contribution in [1.82, 2.24) is 5.32 Å². The highest BCUT2D eigenvalue weighted by Gasteiger charge is 2.25. The lowest BCUT2D eigenvalue weighted by Crippen LogP contribution is -2.35. The van der Waals surface area contributed by atoms with Crippen molar-refractivity contribution in [3.8, 4) is 0 Å². The van der Waals surface area contributed by atoms with Crippen molar-refractivity contribution in [3.05, 3.63) is 23.7 Å². The fraction of sp³-hybridized carbons (Fsp3) is 0.692. The van der Waals surface area contributed by atoms with Crippen LogP contribution in [0.5, 0.6) is 0 Å². The van der Waals surface area contributed by atoms with E-state index in [0.29, 0.717) is 18.2 Å². The van der Waals surface area contributed by atoms with Gasteiger partial charge in [-0.25, -0.2) is 0 Å². The Labute approximate surface area is 97.9 Å². The molecule has 0 aliphatic carbocycles. The smallest absolute Gasteiger partial charge is 0.136 e. The van der Waals surface area contributed by atoms with Gasteiger partial charge in [0.25, 0.3) is 0 Å². The van der Waals surface area contributed by atoms with Crippen LogP contribution in [0.1, 0.15) is 38.7 Å². The third-order valence-electron chi connectivity index (χ3n) is 2.64. The standard InChI is InChI=1S/C13H23NO2/c1-10(2)7-8-14-9-13(4,15)12-6-5-11(3)16-12/h5-6,10,14-15H,7-9H2,1-4H3/t13-/m0/s1. The maximum Gasteiger partial charge on any atom is 0.136 e. The second-order valence-corrected chi connectivity index (χ2v) is 5.04. The number of aryl methyl sites for hydroxylation is 1. The van der Waals surface area contributed by atoms with Gasteiger partial charge in [-0.05, 0) is 44.9 Å². The molecule has 2 N–H and O–H groups in total. The Morgan fingerprint density at radius 3 is 2.62 bits per heavy atom. The zero-order chi connectivity index (χ0) is 12.2. The molecule has 1 heterocycles. The summed E-state index contributed by atoms with van der Waals surface area (Å²) in [6, 6.07) is 3.71. The van der Waals surface area contributed by atoms with Gasteiger partial charge in [0.2, 0.25) is 0 Å². The van der Waals surface area contributed by atoms with Crippen LogP contribution in [0.15, 0.2) is 16.5 Å². The zero-order valence-corrected chi connectivity index (χ0v) is 10.7. The van der Waals surface area contributed by atoms with Crippen LogP contribution < -0.4 is 5.32 Å². The van der Waals surface area contributed by atoms with Crippen molar-refractivity contribution in [3.63, 3.8) is 0 Å². The van der Waals surface area contributed by atoms with Crippen LogP contribution in [0.2, 0.25) is 0 Å². The molecule has 0 aliphatic rings. The first-order valence-electron chi connectivity index (χ1n) is 5.92. The minimum Gasteiger partial charge on any atom is -0.463 e. The molecule has 0 amide bonds. The van der Waals surface area contributed by atoms with E-state index in [4.69, 9.17) is 4.42 Å². The molecule has 0 fully saturated rings. The summed E-state index contributed by atoms with van der Waals surface area (Å²) in [4.78, 5) is 0. The second-order valence-electron chi connectivity index (χ2n) is 5.04. The lowest BCUT2D eigenvalue weighted by molar-refractivity contribution is 0.0335. The van der Waals surface area contributed by atoms with Gasteiger partial charge in [-0.15, -0.1) is 0 Å². The zero-order valence-electron chi connectivity index (χ0n) is 10.7. The fourth-order valence-corrected chi connectivity index (χ4v) is 1.53. The quantitative estimate of drug-likeness (QED) is 0.731. The van der Waals surface area contributed by atoms with E-state index in [9.17, 15) is 5.11 Å². The predicted molar refractivity (Wildman–Crippen MR) is 65.3 cm³/mol. The van der Waals surface area contributed by atoms with E-state index < -0.39 is 5.60 Å². The van der Waals surface area contributed by atoms with Crippen LogP contribution >= 0.6 is 0 Å². The number of hydrogen-bond acceptors (Lipinski definition) is 3. The molecule has 0 spiro atoms. The Kier molecular flexibility index (Phi) is 4.56. The molecule has 3 heteroatoms. The third kappa shape index (κ3) is 3.99. The molecule has 16 heavy (non-hydrogen) atoms. The predicted octanol–water partition coefficient (Wildman–Crippen LogP) is 2.43. The molecule has 1 rings (SSSR count). The van der Waals surface area contributed by atoms with Gasteiger partial charge in [0.1, 0.15) is 17.1 Å². The van der Waals surface area contributed by atoms with Crippen molar-refractivity contribution >= 4 is 0 Å². The van der Waals surface area contributed by atoms with E-state index in [2.05, 4.69) is 19.2 Å². The summed E-state index contributed by atoms with van der Waals surface area (Å²) in [5.74, 6) is 2.14. The van der Waals surface area contributed by atoms with Crippen molar-refractivity contribution in [2.45, 2.75) is 39.7 Å². The molecule has 0 bridgehead atoms. The van der Waals surface area contributed by atoms with Crippen LogP contribution in [0.4, 0.5) is 0 Å². The lowest BCUT2D eigenvalue weighted by atomic mass is 10.0. The van der Waals surface area contributed by atoms with Crippen molar-refractivity contribution in [1.29, 1.82) is 0 Å². The summed E-state index contributed by atoms with van der Waals surface area (Å²) in [7, 11) is 0. The van der Waals surface area contributed by atoms with E-state index in [0.717, 1.165) is 18.7 Å². The molecule has 0 aliphatic heterocycles. The summed E-state index contributed by atoms with van der Waals surface area (Å²) >= 11 is 0. The van der Waals surface area contributed by atoms with Gasteiger partial charge in [-0.2, -0.15) is 0 Å². The molecule has 0 saturated heterocycles. The molecule has 3 nitrogen and oxygen atoms in total. The highest BCUT2D eigenvalue weighted by Crippen LogP contribution is 2.21. The molecule has 0 unspecified atom stereocenters. The largest absolute Gasteiger partial charge is 0.463 e. The first kappa shape index (κ1) is 13.3. The van der Waals surface area contributed by atoms with Gasteiger partial charge in [0.05, 0.1) is 0 Å². The molecule has 1 aromatic heterocycles. The molecule has 0 aromatic carbocycles. The van der Waals surface area contributed by atoms with Gasteiger partial charge in [-0.1, -0.05) is 13.8 Å². The molecular formula is C13H23NO2. The highest BCUT2D eigenvalue weighted by atomic mass is 16.4. The Hall–Kier alpha value is -0.800. The Morgan fingerprint density at radius 1 is 1.44 bits per heavy atom. The highest BCUT2D eigenvalue weighted by molar-refractivity contribution is 5.12. The minimum atomic E-state index is -0.925. The number of nitrogens with one attached hydrogen (secondary N) is 1. The fourth-order valence-electron chi connectivity index (χ4n) is 1.53. The molecule has 92 valence electrons. The first-order valence-corrected chi connectivity index (χ1v) is 5.92. The summed E-state index contributed by atoms with van der Waals surface area (Å²) in [5, 5.41) is 13.5. The lowest BCUT2D eigenvalue weighted by Gasteiger charge is -2.21. The van der Waals surface area contributed by atoms with Crippen LogP contribution in [0.3, 0.4) is 0 Å².